The molecule has 0 saturated carbocycles. The second-order valence-corrected chi connectivity index (χ2v) is 12.0. The summed E-state index contributed by atoms with van der Waals surface area (Å²) in [6.07, 6.45) is 1.04. The van der Waals surface area contributed by atoms with E-state index in [1.165, 1.54) is 17.8 Å². The molecule has 0 aliphatic carbocycles. The number of aryl methyl sites for hydroxylation is 1. The van der Waals surface area contributed by atoms with Crippen LogP contribution in [-0.2, 0) is 10.0 Å². The summed E-state index contributed by atoms with van der Waals surface area (Å²) in [5.41, 5.74) is 3.48. The molecule has 2 unspecified atom stereocenters. The van der Waals surface area contributed by atoms with Crippen molar-refractivity contribution in [3.8, 4) is 0 Å². The summed E-state index contributed by atoms with van der Waals surface area (Å²) in [6, 6.07) is 12.2. The van der Waals surface area contributed by atoms with Gasteiger partial charge >= 0.3 is 0 Å². The molecule has 4 rings (SSSR count). The summed E-state index contributed by atoms with van der Waals surface area (Å²) in [5, 5.41) is 2.94. The quantitative estimate of drug-likeness (QED) is 0.701. The number of carbonyl (C=O) groups is 1. The van der Waals surface area contributed by atoms with Crippen molar-refractivity contribution in [2.45, 2.75) is 32.1 Å². The van der Waals surface area contributed by atoms with Crippen LogP contribution in [0.5, 0.6) is 0 Å². The maximum Gasteiger partial charge on any atom is 0.255 e. The van der Waals surface area contributed by atoms with Crippen LogP contribution in [0, 0.1) is 18.8 Å². The predicted molar refractivity (Wildman–Crippen MR) is 137 cm³/mol. The fourth-order valence-corrected chi connectivity index (χ4v) is 6.75. The number of sulfonamides is 1. The first-order valence-electron chi connectivity index (χ1n) is 12.1. The van der Waals surface area contributed by atoms with E-state index in [2.05, 4.69) is 49.0 Å². The van der Waals surface area contributed by atoms with E-state index >= 15 is 0 Å². The fraction of sp³-hybridized carbons (Fsp3) is 0.500. The van der Waals surface area contributed by atoms with E-state index in [0.29, 0.717) is 30.5 Å². The number of likely N-dealkylation sites (N-methyl/N-ethyl adjacent to an activating group) is 1. The SMILES string of the molecule is Cc1cc(NC(=O)c2ccc(S(=O)(=O)N3CC(C)CC(C)C3)cc2)ccc1N1CCN(C)CC1. The van der Waals surface area contributed by atoms with E-state index in [4.69, 9.17) is 0 Å². The third-order valence-corrected chi connectivity index (χ3v) is 8.73. The molecule has 1 N–H and O–H groups in total. The monoisotopic (exact) mass is 484 g/mol. The smallest absolute Gasteiger partial charge is 0.255 e. The lowest BCUT2D eigenvalue weighted by Gasteiger charge is -2.35. The topological polar surface area (TPSA) is 73.0 Å². The van der Waals surface area contributed by atoms with Crippen molar-refractivity contribution in [1.82, 2.24) is 9.21 Å². The van der Waals surface area contributed by atoms with Crippen molar-refractivity contribution in [3.05, 3.63) is 53.6 Å². The van der Waals surface area contributed by atoms with Crippen molar-refractivity contribution in [2.75, 3.05) is 56.5 Å². The highest BCUT2D eigenvalue weighted by molar-refractivity contribution is 7.89. The van der Waals surface area contributed by atoms with E-state index < -0.39 is 10.0 Å². The van der Waals surface area contributed by atoms with Gasteiger partial charge in [0.15, 0.2) is 0 Å². The van der Waals surface area contributed by atoms with Gasteiger partial charge in [0.1, 0.15) is 0 Å². The number of piperazine rings is 1. The highest BCUT2D eigenvalue weighted by Gasteiger charge is 2.31. The van der Waals surface area contributed by atoms with Gasteiger partial charge in [0.2, 0.25) is 10.0 Å². The van der Waals surface area contributed by atoms with Crippen molar-refractivity contribution in [2.24, 2.45) is 11.8 Å². The molecule has 8 heteroatoms. The maximum atomic E-state index is 13.1. The molecule has 0 radical (unpaired) electrons. The average molecular weight is 485 g/mol. The molecule has 0 aromatic heterocycles. The third kappa shape index (κ3) is 5.45. The largest absolute Gasteiger partial charge is 0.369 e. The molecule has 2 aliphatic heterocycles. The number of rotatable bonds is 5. The second-order valence-electron chi connectivity index (χ2n) is 10.0. The van der Waals surface area contributed by atoms with Gasteiger partial charge in [-0.05, 0) is 80.3 Å². The standard InChI is InChI=1S/C26H36N4O3S/c1-19-15-20(2)18-30(17-19)34(32,33)24-8-5-22(6-9-24)26(31)27-23-7-10-25(21(3)16-23)29-13-11-28(4)12-14-29/h5-10,16,19-20H,11-15,17-18H2,1-4H3,(H,27,31). The number of hydrogen-bond acceptors (Lipinski definition) is 5. The van der Waals surface area contributed by atoms with Crippen LogP contribution < -0.4 is 10.2 Å². The molecule has 34 heavy (non-hydrogen) atoms. The average Bonchev–Trinajstić information content (AvgIpc) is 2.79. The van der Waals surface area contributed by atoms with Gasteiger partial charge in [-0.3, -0.25) is 4.79 Å². The summed E-state index contributed by atoms with van der Waals surface area (Å²) in [5.74, 6) is 0.431. The molecule has 2 saturated heterocycles. The molecule has 2 heterocycles. The highest BCUT2D eigenvalue weighted by Crippen LogP contribution is 2.28. The Morgan fingerprint density at radius 2 is 1.56 bits per heavy atom. The number of nitrogens with one attached hydrogen (secondary N) is 1. The van der Waals surface area contributed by atoms with Crippen LogP contribution >= 0.6 is 0 Å². The number of anilines is 2. The van der Waals surface area contributed by atoms with Gasteiger partial charge in [-0.15, -0.1) is 0 Å². The molecule has 7 nitrogen and oxygen atoms in total. The summed E-state index contributed by atoms with van der Waals surface area (Å²) >= 11 is 0. The van der Waals surface area contributed by atoms with Gasteiger partial charge in [0.05, 0.1) is 4.90 Å². The minimum Gasteiger partial charge on any atom is -0.369 e. The van der Waals surface area contributed by atoms with Gasteiger partial charge in [0.25, 0.3) is 5.91 Å². The van der Waals surface area contributed by atoms with E-state index in [1.54, 1.807) is 16.4 Å². The summed E-state index contributed by atoms with van der Waals surface area (Å²) < 4.78 is 27.7. The van der Waals surface area contributed by atoms with Crippen LogP contribution in [0.25, 0.3) is 0 Å². The van der Waals surface area contributed by atoms with Crippen molar-refractivity contribution in [3.63, 3.8) is 0 Å². The Kier molecular flexibility index (Phi) is 7.31. The Bertz CT molecular complexity index is 1120. The van der Waals surface area contributed by atoms with Crippen LogP contribution in [-0.4, -0.2) is 69.8 Å². The van der Waals surface area contributed by atoms with Crippen molar-refractivity contribution < 1.29 is 13.2 Å². The molecule has 2 fully saturated rings. The Morgan fingerprint density at radius 3 is 2.15 bits per heavy atom. The zero-order chi connectivity index (χ0) is 24.5. The van der Waals surface area contributed by atoms with Crippen LogP contribution in [0.4, 0.5) is 11.4 Å². The lowest BCUT2D eigenvalue weighted by atomic mass is 9.94. The van der Waals surface area contributed by atoms with E-state index in [-0.39, 0.29) is 10.8 Å². The Hall–Kier alpha value is -2.42. The van der Waals surface area contributed by atoms with Crippen molar-refractivity contribution in [1.29, 1.82) is 0 Å². The summed E-state index contributed by atoms with van der Waals surface area (Å²) in [7, 11) is -1.42. The molecular formula is C26H36N4O3S. The number of carbonyl (C=O) groups excluding carboxylic acids is 1. The number of piperidine rings is 1. The first-order valence-corrected chi connectivity index (χ1v) is 13.5. The van der Waals surface area contributed by atoms with Gasteiger partial charge in [0, 0.05) is 56.2 Å². The Balaban J connectivity index is 1.42. The minimum absolute atomic E-state index is 0.234. The third-order valence-electron chi connectivity index (χ3n) is 6.89. The summed E-state index contributed by atoms with van der Waals surface area (Å²) in [4.78, 5) is 17.7. The van der Waals surface area contributed by atoms with Crippen LogP contribution in [0.2, 0.25) is 0 Å². The molecular weight excluding hydrogens is 448 g/mol. The number of amides is 1. The summed E-state index contributed by atoms with van der Waals surface area (Å²) in [6.45, 7) is 11.4. The van der Waals surface area contributed by atoms with E-state index in [1.807, 2.05) is 12.1 Å². The lowest BCUT2D eigenvalue weighted by Crippen LogP contribution is -2.44. The van der Waals surface area contributed by atoms with Crippen LogP contribution in [0.15, 0.2) is 47.4 Å². The normalized spacial score (nSPS) is 22.5. The van der Waals surface area contributed by atoms with Crippen LogP contribution in [0.1, 0.15) is 36.2 Å². The van der Waals surface area contributed by atoms with Crippen molar-refractivity contribution >= 4 is 27.3 Å². The first kappa shape index (κ1) is 24.7. The predicted octanol–water partition coefficient (Wildman–Crippen LogP) is 3.67. The van der Waals surface area contributed by atoms with Crippen LogP contribution in [0.3, 0.4) is 0 Å². The van der Waals surface area contributed by atoms with E-state index in [0.717, 1.165) is 43.9 Å². The molecule has 2 aliphatic rings. The molecule has 2 atom stereocenters. The molecule has 2 aromatic carbocycles. The fourth-order valence-electron chi connectivity index (χ4n) is 5.07. The van der Waals surface area contributed by atoms with Gasteiger partial charge < -0.3 is 15.1 Å². The van der Waals surface area contributed by atoms with Gasteiger partial charge in [-0.25, -0.2) is 8.42 Å². The number of benzene rings is 2. The molecule has 1 amide bonds. The molecule has 184 valence electrons. The molecule has 0 spiro atoms. The first-order chi connectivity index (χ1) is 16.1. The molecule has 0 bridgehead atoms. The lowest BCUT2D eigenvalue weighted by molar-refractivity contribution is 0.102. The number of hydrogen-bond donors (Lipinski definition) is 1. The van der Waals surface area contributed by atoms with Gasteiger partial charge in [-0.1, -0.05) is 13.8 Å². The number of nitrogens with zero attached hydrogens (tertiary/aromatic N) is 3. The van der Waals surface area contributed by atoms with Gasteiger partial charge in [-0.2, -0.15) is 4.31 Å². The zero-order valence-corrected chi connectivity index (χ0v) is 21.4. The Morgan fingerprint density at radius 1 is 0.941 bits per heavy atom. The maximum absolute atomic E-state index is 13.1. The minimum atomic E-state index is -3.56. The molecule has 2 aromatic rings. The second kappa shape index (κ2) is 10.1. The van der Waals surface area contributed by atoms with E-state index in [9.17, 15) is 13.2 Å². The Labute approximate surface area is 203 Å². The zero-order valence-electron chi connectivity index (χ0n) is 20.6. The highest BCUT2D eigenvalue weighted by atomic mass is 32.2.